The lowest BCUT2D eigenvalue weighted by atomic mass is 9.86. The molecule has 4 nitrogen and oxygen atoms in total. The van der Waals surface area contributed by atoms with Crippen LogP contribution in [0.25, 0.3) is 32.3 Å². The summed E-state index contributed by atoms with van der Waals surface area (Å²) in [5, 5.41) is 7.20. The van der Waals surface area contributed by atoms with Crippen molar-refractivity contribution in [2.75, 3.05) is 0 Å². The Bertz CT molecular complexity index is 1550. The molecule has 0 radical (unpaired) electrons. The van der Waals surface area contributed by atoms with Gasteiger partial charge in [0.2, 0.25) is 0 Å². The summed E-state index contributed by atoms with van der Waals surface area (Å²) in [4.78, 5) is 25.6. The van der Waals surface area contributed by atoms with Crippen LogP contribution in [0.3, 0.4) is 0 Å². The van der Waals surface area contributed by atoms with Crippen molar-refractivity contribution in [1.82, 2.24) is 0 Å². The van der Waals surface area contributed by atoms with Crippen LogP contribution in [-0.4, -0.2) is 18.0 Å². The molecule has 2 bridgehead atoms. The highest BCUT2D eigenvalue weighted by Gasteiger charge is 2.51. The number of benzene rings is 4. The van der Waals surface area contributed by atoms with Crippen LogP contribution >= 0.6 is 0 Å². The number of hydrogen-bond donors (Lipinski definition) is 0. The monoisotopic (exact) mass is 508 g/mol. The number of hydrogen-bond acceptors (Lipinski definition) is 4. The molecule has 0 saturated heterocycles. The smallest absolute Gasteiger partial charge is 0.310 e. The molecule has 2 aliphatic carbocycles. The second kappa shape index (κ2) is 9.41. The Labute approximate surface area is 224 Å². The van der Waals surface area contributed by atoms with Crippen LogP contribution in [0, 0.1) is 23.7 Å². The molecule has 0 aliphatic heterocycles. The first kappa shape index (κ1) is 24.9. The van der Waals surface area contributed by atoms with E-state index >= 15 is 0 Å². The van der Waals surface area contributed by atoms with Gasteiger partial charge in [0.15, 0.2) is 0 Å². The maximum atomic E-state index is 13.3. The Hall–Kier alpha value is -3.40. The zero-order valence-corrected chi connectivity index (χ0v) is 22.7. The van der Waals surface area contributed by atoms with Crippen molar-refractivity contribution >= 4 is 44.3 Å². The lowest BCUT2D eigenvalue weighted by Gasteiger charge is -2.31. The molecule has 4 aromatic carbocycles. The van der Waals surface area contributed by atoms with E-state index in [9.17, 15) is 9.59 Å². The summed E-state index contributed by atoms with van der Waals surface area (Å²) < 4.78 is 12.0. The van der Waals surface area contributed by atoms with Gasteiger partial charge in [0.25, 0.3) is 0 Å². The largest absolute Gasteiger partial charge is 0.462 e. The fourth-order valence-electron chi connectivity index (χ4n) is 6.54. The predicted octanol–water partition coefficient (Wildman–Crippen LogP) is 7.93. The molecule has 38 heavy (non-hydrogen) atoms. The van der Waals surface area contributed by atoms with Gasteiger partial charge in [-0.2, -0.15) is 0 Å². The Morgan fingerprint density at radius 2 is 1.42 bits per heavy atom. The summed E-state index contributed by atoms with van der Waals surface area (Å²) in [6.45, 7) is 7.87. The molecule has 4 heteroatoms. The van der Waals surface area contributed by atoms with E-state index in [2.05, 4.69) is 66.7 Å². The average Bonchev–Trinajstić information content (AvgIpc) is 3.50. The molecule has 196 valence electrons. The summed E-state index contributed by atoms with van der Waals surface area (Å²) in [5.41, 5.74) is 0.246. The molecule has 0 amide bonds. The molecule has 2 aliphatic rings. The van der Waals surface area contributed by atoms with Crippen molar-refractivity contribution in [2.45, 2.75) is 65.1 Å². The van der Waals surface area contributed by atoms with Crippen LogP contribution in [0.1, 0.15) is 58.9 Å². The molecule has 0 N–H and O–H groups in total. The minimum Gasteiger partial charge on any atom is -0.462 e. The summed E-state index contributed by atoms with van der Waals surface area (Å²) in [7, 11) is 0. The van der Waals surface area contributed by atoms with Crippen LogP contribution in [0.15, 0.2) is 66.7 Å². The van der Waals surface area contributed by atoms with E-state index in [0.29, 0.717) is 0 Å². The standard InChI is InChI=1S/C34H36O4/c1-5-20(2)32(35)37-31-19-27-16-28(31)18-30(27)33(36)38-34(3,4)29-11-10-23-14-24-12-21-8-6-7-9-22(21)13-25(24)15-26(23)17-29/h6-15,17,20,27-28,30-31H,5,16,18-19H2,1-4H3. The van der Waals surface area contributed by atoms with E-state index in [1.54, 1.807) is 0 Å². The molecular formula is C34H36O4. The van der Waals surface area contributed by atoms with E-state index in [4.69, 9.17) is 9.47 Å². The van der Waals surface area contributed by atoms with E-state index in [1.807, 2.05) is 27.7 Å². The number of esters is 2. The fourth-order valence-corrected chi connectivity index (χ4v) is 6.54. The van der Waals surface area contributed by atoms with Crippen molar-refractivity contribution in [2.24, 2.45) is 23.7 Å². The van der Waals surface area contributed by atoms with E-state index in [0.717, 1.165) is 36.6 Å². The Balaban J connectivity index is 1.18. The summed E-state index contributed by atoms with van der Waals surface area (Å²) >= 11 is 0. The third-order valence-corrected chi connectivity index (χ3v) is 9.09. The van der Waals surface area contributed by atoms with E-state index in [1.165, 1.54) is 26.9 Å². The highest BCUT2D eigenvalue weighted by atomic mass is 16.6. The van der Waals surface area contributed by atoms with E-state index in [-0.39, 0.29) is 41.7 Å². The first-order valence-electron chi connectivity index (χ1n) is 14.0. The summed E-state index contributed by atoms with van der Waals surface area (Å²) in [5.74, 6) is 0.0712. The fraction of sp³-hybridized carbons (Fsp3) is 0.412. The molecule has 4 aromatic rings. The molecule has 2 fully saturated rings. The molecule has 6 rings (SSSR count). The van der Waals surface area contributed by atoms with Crippen LogP contribution in [-0.2, 0) is 24.7 Å². The number of carbonyl (C=O) groups is 2. The van der Waals surface area contributed by atoms with Crippen molar-refractivity contribution in [3.05, 3.63) is 72.3 Å². The zero-order chi connectivity index (χ0) is 26.6. The normalized spacial score (nSPS) is 23.7. The van der Waals surface area contributed by atoms with E-state index < -0.39 is 5.60 Å². The van der Waals surface area contributed by atoms with Crippen molar-refractivity contribution in [3.8, 4) is 0 Å². The Kier molecular flexibility index (Phi) is 6.17. The molecule has 2 saturated carbocycles. The second-order valence-electron chi connectivity index (χ2n) is 12.0. The van der Waals surface area contributed by atoms with Gasteiger partial charge in [-0.1, -0.05) is 50.2 Å². The van der Waals surface area contributed by atoms with Crippen molar-refractivity contribution < 1.29 is 19.1 Å². The quantitative estimate of drug-likeness (QED) is 0.196. The summed E-state index contributed by atoms with van der Waals surface area (Å²) in [6.07, 6.45) is 3.19. The maximum Gasteiger partial charge on any atom is 0.310 e. The minimum absolute atomic E-state index is 0.0500. The lowest BCUT2D eigenvalue weighted by molar-refractivity contribution is -0.166. The minimum atomic E-state index is -0.742. The van der Waals surface area contributed by atoms with Gasteiger partial charge in [0, 0.05) is 0 Å². The van der Waals surface area contributed by atoms with Gasteiger partial charge in [-0.15, -0.1) is 0 Å². The number of rotatable bonds is 6. The Morgan fingerprint density at radius 1 is 0.816 bits per heavy atom. The molecule has 0 heterocycles. The van der Waals surface area contributed by atoms with Crippen LogP contribution in [0.5, 0.6) is 0 Å². The van der Waals surface area contributed by atoms with Crippen LogP contribution < -0.4 is 0 Å². The van der Waals surface area contributed by atoms with Crippen molar-refractivity contribution in [1.29, 1.82) is 0 Å². The van der Waals surface area contributed by atoms with Gasteiger partial charge in [0.05, 0.1) is 11.8 Å². The predicted molar refractivity (Wildman–Crippen MR) is 152 cm³/mol. The highest BCUT2D eigenvalue weighted by molar-refractivity contribution is 6.04. The van der Waals surface area contributed by atoms with Crippen LogP contribution in [0.2, 0.25) is 0 Å². The summed E-state index contributed by atoms with van der Waals surface area (Å²) in [6, 6.07) is 23.7. The molecule has 5 unspecified atom stereocenters. The Morgan fingerprint density at radius 3 is 2.03 bits per heavy atom. The highest BCUT2D eigenvalue weighted by Crippen LogP contribution is 2.51. The SMILES string of the molecule is CCC(C)C(=O)OC1CC2CC1CC2C(=O)OC(C)(C)c1ccc2cc3cc4ccccc4cc3cc2c1. The lowest BCUT2D eigenvalue weighted by Crippen LogP contribution is -2.35. The first-order chi connectivity index (χ1) is 18.2. The van der Waals surface area contributed by atoms with Gasteiger partial charge < -0.3 is 9.47 Å². The van der Waals surface area contributed by atoms with Gasteiger partial charge in [-0.05, 0) is 120 Å². The number of ether oxygens (including phenoxy) is 2. The molecule has 5 atom stereocenters. The van der Waals surface area contributed by atoms with Crippen molar-refractivity contribution in [3.63, 3.8) is 0 Å². The van der Waals surface area contributed by atoms with Gasteiger partial charge in [-0.25, -0.2) is 0 Å². The average molecular weight is 509 g/mol. The third-order valence-electron chi connectivity index (χ3n) is 9.09. The maximum absolute atomic E-state index is 13.3. The molecule has 0 aromatic heterocycles. The first-order valence-corrected chi connectivity index (χ1v) is 14.0. The van der Waals surface area contributed by atoms with Crippen LogP contribution in [0.4, 0.5) is 0 Å². The number of fused-ring (bicyclic) bond motifs is 5. The van der Waals surface area contributed by atoms with Gasteiger partial charge in [0.1, 0.15) is 11.7 Å². The zero-order valence-electron chi connectivity index (χ0n) is 22.7. The molecule has 0 spiro atoms. The molecular weight excluding hydrogens is 472 g/mol. The second-order valence-corrected chi connectivity index (χ2v) is 12.0. The topological polar surface area (TPSA) is 52.6 Å². The van der Waals surface area contributed by atoms with Gasteiger partial charge in [-0.3, -0.25) is 9.59 Å². The number of carbonyl (C=O) groups excluding carboxylic acids is 2. The van der Waals surface area contributed by atoms with Gasteiger partial charge >= 0.3 is 11.9 Å². The third kappa shape index (κ3) is 4.44.